The smallest absolute Gasteiger partial charge is 0.408 e. The molecule has 1 aliphatic carbocycles. The van der Waals surface area contributed by atoms with Gasteiger partial charge in [0.2, 0.25) is 5.91 Å². The van der Waals surface area contributed by atoms with Crippen LogP contribution < -0.4 is 10.6 Å². The molecule has 9 nitrogen and oxygen atoms in total. The average Bonchev–Trinajstić information content (AvgIpc) is 2.96. The van der Waals surface area contributed by atoms with Crippen molar-refractivity contribution in [2.75, 3.05) is 12.4 Å². The first-order valence-corrected chi connectivity index (χ1v) is 15.3. The van der Waals surface area contributed by atoms with Crippen LogP contribution in [0.4, 0.5) is 19.7 Å². The number of alkyl carbamates (subject to hydrolysis) is 1. The van der Waals surface area contributed by atoms with Gasteiger partial charge < -0.3 is 25.4 Å². The summed E-state index contributed by atoms with van der Waals surface area (Å²) in [5, 5.41) is 15.0. The number of ether oxygens (including phenoxy) is 1. The Hall–Kier alpha value is -4.47. The number of pyridine rings is 1. The number of carboxylic acid groups (broad SMARTS) is 1. The van der Waals surface area contributed by atoms with Gasteiger partial charge in [-0.25, -0.2) is 14.0 Å². The van der Waals surface area contributed by atoms with Crippen LogP contribution in [0.15, 0.2) is 60.8 Å². The SMILES string of the molecule is CN(C(=O)O)[C@H]1CC[C@H](CC(=O)Nc2cnc(-c3ccc(C(C)(C)NC(=O)OC(C)(C)C)c(F)c3)c(-c3ccccc3)c2)CC1. The summed E-state index contributed by atoms with van der Waals surface area (Å²) in [6, 6.07) is 16.2. The Bertz CT molecular complexity index is 1530. The minimum absolute atomic E-state index is 0.0156. The number of halogens is 1. The second-order valence-electron chi connectivity index (χ2n) is 13.3. The van der Waals surface area contributed by atoms with Crippen LogP contribution in [0.2, 0.25) is 0 Å². The topological polar surface area (TPSA) is 121 Å². The first-order valence-electron chi connectivity index (χ1n) is 15.3. The number of hydrogen-bond donors (Lipinski definition) is 3. The molecular weight excluding hydrogens is 575 g/mol. The van der Waals surface area contributed by atoms with Crippen LogP contribution in [0.5, 0.6) is 0 Å². The molecule has 0 aliphatic heterocycles. The molecule has 1 aliphatic rings. The number of anilines is 1. The molecule has 0 saturated heterocycles. The Balaban J connectivity index is 1.53. The largest absolute Gasteiger partial charge is 0.465 e. The third kappa shape index (κ3) is 8.80. The molecule has 4 rings (SSSR count). The number of rotatable bonds is 8. The molecule has 240 valence electrons. The van der Waals surface area contributed by atoms with E-state index in [0.29, 0.717) is 28.9 Å². The molecule has 3 amide bonds. The van der Waals surface area contributed by atoms with E-state index in [9.17, 15) is 19.5 Å². The summed E-state index contributed by atoms with van der Waals surface area (Å²) in [6.07, 6.45) is 3.38. The number of amides is 3. The minimum atomic E-state index is -1.04. The molecule has 1 saturated carbocycles. The van der Waals surface area contributed by atoms with Crippen molar-refractivity contribution in [3.63, 3.8) is 0 Å². The lowest BCUT2D eigenvalue weighted by Crippen LogP contribution is -2.44. The van der Waals surface area contributed by atoms with E-state index < -0.39 is 29.1 Å². The van der Waals surface area contributed by atoms with Crippen molar-refractivity contribution >= 4 is 23.8 Å². The standard InChI is InChI=1S/C35H43FN4O5/c1-34(2,3)45-32(42)39-35(4,5)28-17-14-24(19-29(28)36)31-27(23-10-8-7-9-11-23)20-25(21-37-31)38-30(41)18-22-12-15-26(16-13-22)40(6)33(43)44/h7-11,14,17,19-22,26H,12-13,15-16,18H2,1-6H3,(H,38,41)(H,39,42)(H,43,44)/t22-,26-. The summed E-state index contributed by atoms with van der Waals surface area (Å²) in [6.45, 7) is 8.71. The first-order chi connectivity index (χ1) is 21.1. The molecule has 1 fully saturated rings. The number of aromatic nitrogens is 1. The Labute approximate surface area is 264 Å². The van der Waals surface area contributed by atoms with Gasteiger partial charge in [0.1, 0.15) is 11.4 Å². The molecular formula is C35H43FN4O5. The summed E-state index contributed by atoms with van der Waals surface area (Å²) in [5.74, 6) is -0.454. The van der Waals surface area contributed by atoms with Crippen LogP contribution in [0.25, 0.3) is 22.4 Å². The van der Waals surface area contributed by atoms with Gasteiger partial charge in [-0.05, 0) is 83.9 Å². The normalized spacial score (nSPS) is 16.9. The van der Waals surface area contributed by atoms with Crippen molar-refractivity contribution in [2.45, 2.75) is 83.9 Å². The zero-order valence-corrected chi connectivity index (χ0v) is 26.8. The molecule has 45 heavy (non-hydrogen) atoms. The Morgan fingerprint density at radius 2 is 1.64 bits per heavy atom. The fraction of sp³-hybridized carbons (Fsp3) is 0.429. The summed E-state index contributed by atoms with van der Waals surface area (Å²) >= 11 is 0. The van der Waals surface area contributed by atoms with E-state index in [1.54, 1.807) is 60.0 Å². The number of nitrogens with zero attached hydrogens (tertiary/aromatic N) is 2. The summed E-state index contributed by atoms with van der Waals surface area (Å²) in [7, 11) is 1.59. The third-order valence-electron chi connectivity index (χ3n) is 8.13. The second-order valence-corrected chi connectivity index (χ2v) is 13.3. The summed E-state index contributed by atoms with van der Waals surface area (Å²) < 4.78 is 21.0. The molecule has 0 radical (unpaired) electrons. The van der Waals surface area contributed by atoms with E-state index in [1.807, 2.05) is 36.4 Å². The highest BCUT2D eigenvalue weighted by atomic mass is 19.1. The van der Waals surface area contributed by atoms with E-state index in [2.05, 4.69) is 15.6 Å². The average molecular weight is 619 g/mol. The summed E-state index contributed by atoms with van der Waals surface area (Å²) in [4.78, 5) is 42.7. The fourth-order valence-electron chi connectivity index (χ4n) is 5.76. The molecule has 0 atom stereocenters. The van der Waals surface area contributed by atoms with Gasteiger partial charge in [0.15, 0.2) is 0 Å². The number of benzene rings is 2. The van der Waals surface area contributed by atoms with E-state index >= 15 is 4.39 Å². The highest BCUT2D eigenvalue weighted by Crippen LogP contribution is 2.35. The van der Waals surface area contributed by atoms with E-state index in [0.717, 1.165) is 36.8 Å². The molecule has 1 heterocycles. The van der Waals surface area contributed by atoms with E-state index in [1.165, 1.54) is 11.0 Å². The molecule has 1 aromatic heterocycles. The van der Waals surface area contributed by atoms with Gasteiger partial charge in [-0.2, -0.15) is 0 Å². The molecule has 0 spiro atoms. The number of carbonyl (C=O) groups excluding carboxylic acids is 2. The maximum absolute atomic E-state index is 15.6. The van der Waals surface area contributed by atoms with E-state index in [4.69, 9.17) is 4.74 Å². The van der Waals surface area contributed by atoms with Gasteiger partial charge in [-0.3, -0.25) is 9.78 Å². The quantitative estimate of drug-likeness (QED) is 0.237. The Kier molecular flexibility index (Phi) is 10.2. The molecule has 10 heteroatoms. The lowest BCUT2D eigenvalue weighted by atomic mass is 9.83. The van der Waals surface area contributed by atoms with Gasteiger partial charge in [0.25, 0.3) is 0 Å². The number of hydrogen-bond acceptors (Lipinski definition) is 5. The van der Waals surface area contributed by atoms with Crippen LogP contribution in [0.1, 0.15) is 72.3 Å². The fourth-order valence-corrected chi connectivity index (χ4v) is 5.76. The Morgan fingerprint density at radius 3 is 2.24 bits per heavy atom. The summed E-state index contributed by atoms with van der Waals surface area (Å²) in [5.41, 5.74) is 1.77. The van der Waals surface area contributed by atoms with Crippen LogP contribution in [0, 0.1) is 11.7 Å². The van der Waals surface area contributed by atoms with Crippen LogP contribution in [-0.2, 0) is 15.1 Å². The number of carbonyl (C=O) groups is 3. The van der Waals surface area contributed by atoms with Crippen molar-refractivity contribution in [3.05, 3.63) is 72.2 Å². The maximum Gasteiger partial charge on any atom is 0.408 e. The molecule has 2 aromatic carbocycles. The van der Waals surface area contributed by atoms with Gasteiger partial charge >= 0.3 is 12.2 Å². The molecule has 0 unspecified atom stereocenters. The first kappa shape index (κ1) is 33.4. The predicted molar refractivity (Wildman–Crippen MR) is 172 cm³/mol. The third-order valence-corrected chi connectivity index (χ3v) is 8.13. The molecule has 3 N–H and O–H groups in total. The van der Waals surface area contributed by atoms with Crippen molar-refractivity contribution in [2.24, 2.45) is 5.92 Å². The minimum Gasteiger partial charge on any atom is -0.465 e. The van der Waals surface area contributed by atoms with Crippen molar-refractivity contribution in [1.82, 2.24) is 15.2 Å². The predicted octanol–water partition coefficient (Wildman–Crippen LogP) is 7.81. The maximum atomic E-state index is 15.6. The Morgan fingerprint density at radius 1 is 0.978 bits per heavy atom. The highest BCUT2D eigenvalue weighted by molar-refractivity contribution is 5.93. The zero-order valence-electron chi connectivity index (χ0n) is 26.8. The highest BCUT2D eigenvalue weighted by Gasteiger charge is 2.30. The van der Waals surface area contributed by atoms with Crippen molar-refractivity contribution < 1.29 is 28.6 Å². The van der Waals surface area contributed by atoms with Gasteiger partial charge in [0.05, 0.1) is 23.1 Å². The lowest BCUT2D eigenvalue weighted by Gasteiger charge is -2.32. The molecule has 0 bridgehead atoms. The van der Waals surface area contributed by atoms with Crippen molar-refractivity contribution in [1.29, 1.82) is 0 Å². The van der Waals surface area contributed by atoms with Gasteiger partial charge in [-0.15, -0.1) is 0 Å². The zero-order chi connectivity index (χ0) is 32.9. The number of nitrogens with one attached hydrogen (secondary N) is 2. The monoisotopic (exact) mass is 618 g/mol. The van der Waals surface area contributed by atoms with Crippen LogP contribution >= 0.6 is 0 Å². The van der Waals surface area contributed by atoms with Gasteiger partial charge in [0, 0.05) is 36.2 Å². The van der Waals surface area contributed by atoms with Gasteiger partial charge in [-0.1, -0.05) is 42.5 Å². The van der Waals surface area contributed by atoms with Crippen LogP contribution in [-0.4, -0.2) is 51.8 Å². The lowest BCUT2D eigenvalue weighted by molar-refractivity contribution is -0.117. The van der Waals surface area contributed by atoms with E-state index in [-0.39, 0.29) is 17.9 Å². The second kappa shape index (κ2) is 13.7. The molecule has 3 aromatic rings. The van der Waals surface area contributed by atoms with Crippen molar-refractivity contribution in [3.8, 4) is 22.4 Å². The van der Waals surface area contributed by atoms with Crippen LogP contribution in [0.3, 0.4) is 0 Å².